The topological polar surface area (TPSA) is 0 Å². The lowest BCUT2D eigenvalue weighted by molar-refractivity contribution is 0.584. The summed E-state index contributed by atoms with van der Waals surface area (Å²) >= 11 is 19.3. The monoisotopic (exact) mass is 434 g/mol. The zero-order valence-electron chi connectivity index (χ0n) is 10.8. The van der Waals surface area contributed by atoms with Crippen LogP contribution in [0.1, 0.15) is 11.1 Å². The summed E-state index contributed by atoms with van der Waals surface area (Å²) in [4.78, 5) is 0. The van der Waals surface area contributed by atoms with Crippen molar-refractivity contribution >= 4 is 55.1 Å². The smallest absolute Gasteiger partial charge is 0.0449 e. The van der Waals surface area contributed by atoms with E-state index in [9.17, 15) is 0 Å². The molecule has 106 valence electrons. The van der Waals surface area contributed by atoms with Gasteiger partial charge in [-0.2, -0.15) is 0 Å². The maximum atomic E-state index is 6.28. The van der Waals surface area contributed by atoms with Gasteiger partial charge < -0.3 is 0 Å². The lowest BCUT2D eigenvalue weighted by atomic mass is 9.94. The number of hydrogen-bond acceptors (Lipinski definition) is 0. The zero-order valence-corrected chi connectivity index (χ0v) is 15.4. The molecule has 0 fully saturated rings. The number of hydrogen-bond donors (Lipinski definition) is 0. The van der Waals surface area contributed by atoms with Gasteiger partial charge in [-0.05, 0) is 54.2 Å². The Hall–Kier alpha value is -0.0200. The minimum atomic E-state index is 0.379. The van der Waals surface area contributed by atoms with Gasteiger partial charge >= 0.3 is 0 Å². The molecular weight excluding hydrogens is 423 g/mol. The highest BCUT2D eigenvalue weighted by Crippen LogP contribution is 2.26. The average molecular weight is 437 g/mol. The number of alkyl halides is 1. The van der Waals surface area contributed by atoms with Crippen molar-refractivity contribution in [2.75, 3.05) is 5.88 Å². The lowest BCUT2D eigenvalue weighted by Crippen LogP contribution is -2.10. The fourth-order valence-corrected chi connectivity index (χ4v) is 3.59. The van der Waals surface area contributed by atoms with Crippen LogP contribution in [0.5, 0.6) is 0 Å². The zero-order chi connectivity index (χ0) is 14.5. The minimum absolute atomic E-state index is 0.379. The number of halogens is 4. The molecular formula is C16H14Br2Cl2. The van der Waals surface area contributed by atoms with E-state index in [1.54, 1.807) is 0 Å². The minimum Gasteiger partial charge on any atom is -0.126 e. The van der Waals surface area contributed by atoms with E-state index in [2.05, 4.69) is 56.1 Å². The van der Waals surface area contributed by atoms with Gasteiger partial charge in [0.25, 0.3) is 0 Å². The van der Waals surface area contributed by atoms with Crippen molar-refractivity contribution in [3.8, 4) is 0 Å². The molecule has 0 bridgehead atoms. The second kappa shape index (κ2) is 7.84. The summed E-state index contributed by atoms with van der Waals surface area (Å²) in [5, 5.41) is 0.795. The lowest BCUT2D eigenvalue weighted by Gasteiger charge is -2.15. The molecule has 0 aromatic heterocycles. The Morgan fingerprint density at radius 1 is 0.950 bits per heavy atom. The summed E-state index contributed by atoms with van der Waals surface area (Å²) in [5.41, 5.74) is 2.44. The molecule has 1 unspecified atom stereocenters. The standard InChI is InChI=1S/C16H14Br2Cl2/c17-14-3-1-2-11(8-14)6-12(10-19)7-13-4-5-15(18)9-16(13)20/h1-5,8-9,12H,6-7,10H2. The van der Waals surface area contributed by atoms with Crippen molar-refractivity contribution in [3.63, 3.8) is 0 Å². The van der Waals surface area contributed by atoms with Crippen LogP contribution < -0.4 is 0 Å². The van der Waals surface area contributed by atoms with Crippen LogP contribution in [0, 0.1) is 5.92 Å². The van der Waals surface area contributed by atoms with Crippen molar-refractivity contribution in [2.45, 2.75) is 12.8 Å². The van der Waals surface area contributed by atoms with Gasteiger partial charge in [0.1, 0.15) is 0 Å². The van der Waals surface area contributed by atoms with Crippen LogP contribution in [0.3, 0.4) is 0 Å². The largest absolute Gasteiger partial charge is 0.126 e. The molecule has 20 heavy (non-hydrogen) atoms. The molecule has 2 rings (SSSR count). The SMILES string of the molecule is ClCC(Cc1cccc(Br)c1)Cc1ccc(Br)cc1Cl. The third-order valence-corrected chi connectivity index (χ3v) is 4.93. The molecule has 0 aliphatic heterocycles. The fraction of sp³-hybridized carbons (Fsp3) is 0.250. The summed E-state index contributed by atoms with van der Waals surface area (Å²) in [7, 11) is 0. The summed E-state index contributed by atoms with van der Waals surface area (Å²) in [5.74, 6) is 1.00. The van der Waals surface area contributed by atoms with Crippen LogP contribution in [-0.2, 0) is 12.8 Å². The molecule has 0 N–H and O–H groups in total. The normalized spacial score (nSPS) is 12.4. The van der Waals surface area contributed by atoms with E-state index in [1.807, 2.05) is 18.2 Å². The van der Waals surface area contributed by atoms with E-state index < -0.39 is 0 Å². The summed E-state index contributed by atoms with van der Waals surface area (Å²) in [6.45, 7) is 0. The van der Waals surface area contributed by atoms with Gasteiger partial charge in [-0.3, -0.25) is 0 Å². The molecule has 0 radical (unpaired) electrons. The van der Waals surface area contributed by atoms with Crippen LogP contribution >= 0.6 is 55.1 Å². The van der Waals surface area contributed by atoms with Gasteiger partial charge in [-0.25, -0.2) is 0 Å². The summed E-state index contributed by atoms with van der Waals surface area (Å²) in [6.07, 6.45) is 1.84. The molecule has 0 amide bonds. The van der Waals surface area contributed by atoms with E-state index >= 15 is 0 Å². The van der Waals surface area contributed by atoms with Gasteiger partial charge in [-0.1, -0.05) is 61.7 Å². The molecule has 0 aliphatic carbocycles. The number of benzene rings is 2. The maximum Gasteiger partial charge on any atom is 0.0449 e. The molecule has 1 atom stereocenters. The first kappa shape index (κ1) is 16.4. The van der Waals surface area contributed by atoms with Crippen LogP contribution in [0.4, 0.5) is 0 Å². The molecule has 4 heteroatoms. The molecule has 0 heterocycles. The molecule has 0 saturated heterocycles. The highest BCUT2D eigenvalue weighted by atomic mass is 79.9. The third-order valence-electron chi connectivity index (χ3n) is 3.16. The van der Waals surface area contributed by atoms with Crippen molar-refractivity contribution in [3.05, 3.63) is 67.6 Å². The molecule has 2 aromatic carbocycles. The maximum absolute atomic E-state index is 6.28. The fourth-order valence-electron chi connectivity index (χ4n) is 2.18. The van der Waals surface area contributed by atoms with Crippen LogP contribution in [0.15, 0.2) is 51.4 Å². The van der Waals surface area contributed by atoms with Crippen molar-refractivity contribution < 1.29 is 0 Å². The second-order valence-corrected chi connectivity index (χ2v) is 7.34. The Morgan fingerprint density at radius 2 is 1.70 bits per heavy atom. The Labute approximate surface area is 146 Å². The van der Waals surface area contributed by atoms with E-state index in [4.69, 9.17) is 23.2 Å². The van der Waals surface area contributed by atoms with Crippen molar-refractivity contribution in [2.24, 2.45) is 5.92 Å². The molecule has 0 saturated carbocycles. The Kier molecular flexibility index (Phi) is 6.41. The molecule has 0 nitrogen and oxygen atoms in total. The van der Waals surface area contributed by atoms with Gasteiger partial charge in [0.15, 0.2) is 0 Å². The van der Waals surface area contributed by atoms with E-state index in [0.29, 0.717) is 11.8 Å². The van der Waals surface area contributed by atoms with Gasteiger partial charge in [0.2, 0.25) is 0 Å². The highest BCUT2D eigenvalue weighted by molar-refractivity contribution is 9.10. The van der Waals surface area contributed by atoms with Gasteiger partial charge in [0.05, 0.1) is 0 Å². The highest BCUT2D eigenvalue weighted by Gasteiger charge is 2.12. The molecule has 2 aromatic rings. The van der Waals surface area contributed by atoms with Crippen LogP contribution in [0.25, 0.3) is 0 Å². The first-order chi connectivity index (χ1) is 9.58. The van der Waals surface area contributed by atoms with Gasteiger partial charge in [-0.15, -0.1) is 11.6 Å². The van der Waals surface area contributed by atoms with Crippen LogP contribution in [-0.4, -0.2) is 5.88 Å². The molecule has 0 aliphatic rings. The van der Waals surface area contributed by atoms with E-state index in [1.165, 1.54) is 5.56 Å². The summed E-state index contributed by atoms with van der Waals surface area (Å²) < 4.78 is 2.10. The first-order valence-corrected chi connectivity index (χ1v) is 8.82. The predicted octanol–water partition coefficient (Wildman–Crippen LogP) is 6.51. The summed E-state index contributed by atoms with van der Waals surface area (Å²) in [6, 6.07) is 14.4. The van der Waals surface area contributed by atoms with E-state index in [0.717, 1.165) is 32.4 Å². The van der Waals surface area contributed by atoms with Crippen molar-refractivity contribution in [1.29, 1.82) is 0 Å². The molecule has 0 spiro atoms. The predicted molar refractivity (Wildman–Crippen MR) is 94.9 cm³/mol. The van der Waals surface area contributed by atoms with Crippen molar-refractivity contribution in [1.82, 2.24) is 0 Å². The first-order valence-electron chi connectivity index (χ1n) is 6.33. The van der Waals surface area contributed by atoms with E-state index in [-0.39, 0.29) is 0 Å². The van der Waals surface area contributed by atoms with Crippen LogP contribution in [0.2, 0.25) is 5.02 Å². The average Bonchev–Trinajstić information content (AvgIpc) is 2.41. The third kappa shape index (κ3) is 4.77. The Bertz CT molecular complexity index is 584. The van der Waals surface area contributed by atoms with Gasteiger partial charge in [0, 0.05) is 19.8 Å². The number of rotatable bonds is 5. The second-order valence-electron chi connectivity index (χ2n) is 4.79. The quantitative estimate of drug-likeness (QED) is 0.469. The Balaban J connectivity index is 2.09. The Morgan fingerprint density at radius 3 is 2.35 bits per heavy atom.